The Labute approximate surface area is 210 Å². The van der Waals surface area contributed by atoms with Gasteiger partial charge in [-0.1, -0.05) is 18.2 Å². The molecule has 0 spiro atoms. The SMILES string of the molecule is CCOC(=O)c1sc(NC(=O)c2cc(-c3ccc(C)s3)nc3ccccc23)c(C(=O)OCC)c1C. The number of benzene rings is 1. The van der Waals surface area contributed by atoms with Gasteiger partial charge in [0.15, 0.2) is 0 Å². The van der Waals surface area contributed by atoms with Gasteiger partial charge in [-0.15, -0.1) is 22.7 Å². The molecule has 4 aromatic rings. The fourth-order valence-corrected chi connectivity index (χ4v) is 5.59. The van der Waals surface area contributed by atoms with Gasteiger partial charge in [0.25, 0.3) is 5.91 Å². The fourth-order valence-electron chi connectivity index (χ4n) is 3.67. The van der Waals surface area contributed by atoms with Gasteiger partial charge in [-0.05, 0) is 57.5 Å². The molecule has 0 atom stereocenters. The van der Waals surface area contributed by atoms with Crippen LogP contribution in [0.5, 0.6) is 0 Å². The van der Waals surface area contributed by atoms with E-state index in [1.165, 1.54) is 0 Å². The highest BCUT2D eigenvalue weighted by Gasteiger charge is 2.28. The smallest absolute Gasteiger partial charge is 0.348 e. The van der Waals surface area contributed by atoms with E-state index in [-0.39, 0.29) is 28.7 Å². The van der Waals surface area contributed by atoms with Crippen LogP contribution in [0.2, 0.25) is 0 Å². The predicted molar refractivity (Wildman–Crippen MR) is 139 cm³/mol. The molecule has 0 saturated carbocycles. The number of carbonyl (C=O) groups is 3. The van der Waals surface area contributed by atoms with Crippen LogP contribution < -0.4 is 5.32 Å². The third-order valence-electron chi connectivity index (χ3n) is 5.27. The summed E-state index contributed by atoms with van der Waals surface area (Å²) in [6.07, 6.45) is 0. The van der Waals surface area contributed by atoms with Gasteiger partial charge in [0, 0.05) is 10.3 Å². The van der Waals surface area contributed by atoms with Crippen LogP contribution in [0, 0.1) is 13.8 Å². The summed E-state index contributed by atoms with van der Waals surface area (Å²) in [5.74, 6) is -1.58. The molecule has 0 aliphatic rings. The second kappa shape index (κ2) is 10.4. The Hall–Kier alpha value is -3.56. The van der Waals surface area contributed by atoms with E-state index >= 15 is 0 Å². The molecule has 0 fully saturated rings. The average Bonchev–Trinajstić information content (AvgIpc) is 3.41. The summed E-state index contributed by atoms with van der Waals surface area (Å²) in [7, 11) is 0. The van der Waals surface area contributed by atoms with Crippen molar-refractivity contribution in [2.45, 2.75) is 27.7 Å². The number of esters is 2. The van der Waals surface area contributed by atoms with Crippen molar-refractivity contribution in [2.24, 2.45) is 0 Å². The molecule has 1 aromatic carbocycles. The quantitative estimate of drug-likeness (QED) is 0.297. The lowest BCUT2D eigenvalue weighted by molar-refractivity contribution is 0.0527. The molecule has 0 aliphatic heterocycles. The Bertz CT molecular complexity index is 1440. The molecule has 0 unspecified atom stereocenters. The molecule has 7 nitrogen and oxygen atoms in total. The lowest BCUT2D eigenvalue weighted by Crippen LogP contribution is -2.15. The molecule has 0 saturated heterocycles. The number of nitrogens with zero attached hydrogens (tertiary/aromatic N) is 1. The lowest BCUT2D eigenvalue weighted by Gasteiger charge is -2.10. The highest BCUT2D eigenvalue weighted by Crippen LogP contribution is 2.36. The van der Waals surface area contributed by atoms with Crippen molar-refractivity contribution in [1.29, 1.82) is 0 Å². The number of hydrogen-bond acceptors (Lipinski definition) is 8. The molecule has 0 aliphatic carbocycles. The summed E-state index contributed by atoms with van der Waals surface area (Å²) in [6.45, 7) is 7.41. The third kappa shape index (κ3) is 4.96. The van der Waals surface area contributed by atoms with Gasteiger partial charge in [-0.25, -0.2) is 14.6 Å². The van der Waals surface area contributed by atoms with Crippen molar-refractivity contribution >= 4 is 56.4 Å². The number of thiophene rings is 2. The molecule has 3 heterocycles. The topological polar surface area (TPSA) is 94.6 Å². The van der Waals surface area contributed by atoms with Crippen molar-refractivity contribution in [2.75, 3.05) is 18.5 Å². The molecular formula is C26H24N2O5S2. The zero-order valence-electron chi connectivity index (χ0n) is 19.8. The first-order valence-corrected chi connectivity index (χ1v) is 12.7. The maximum atomic E-state index is 13.6. The number of hydrogen-bond donors (Lipinski definition) is 1. The van der Waals surface area contributed by atoms with Gasteiger partial charge in [0.05, 0.1) is 40.4 Å². The number of nitrogens with one attached hydrogen (secondary N) is 1. The maximum absolute atomic E-state index is 13.6. The highest BCUT2D eigenvalue weighted by atomic mass is 32.1. The number of ether oxygens (including phenoxy) is 2. The molecule has 0 bridgehead atoms. The van der Waals surface area contributed by atoms with Crippen LogP contribution in [0.25, 0.3) is 21.5 Å². The van der Waals surface area contributed by atoms with Gasteiger partial charge in [-0.3, -0.25) is 4.79 Å². The van der Waals surface area contributed by atoms with E-state index in [0.29, 0.717) is 27.7 Å². The molecule has 9 heteroatoms. The second-order valence-electron chi connectivity index (χ2n) is 7.64. The van der Waals surface area contributed by atoms with E-state index in [2.05, 4.69) is 5.32 Å². The molecule has 3 aromatic heterocycles. The molecule has 35 heavy (non-hydrogen) atoms. The minimum atomic E-state index is -0.610. The van der Waals surface area contributed by atoms with E-state index in [9.17, 15) is 14.4 Å². The van der Waals surface area contributed by atoms with Crippen molar-refractivity contribution < 1.29 is 23.9 Å². The summed E-state index contributed by atoms with van der Waals surface area (Å²) in [5.41, 5.74) is 2.35. The molecule has 180 valence electrons. The normalized spacial score (nSPS) is 10.9. The first-order valence-electron chi connectivity index (χ1n) is 11.1. The van der Waals surface area contributed by atoms with E-state index in [4.69, 9.17) is 14.5 Å². The van der Waals surface area contributed by atoms with Gasteiger partial charge in [0.2, 0.25) is 0 Å². The van der Waals surface area contributed by atoms with E-state index in [0.717, 1.165) is 21.1 Å². The van der Waals surface area contributed by atoms with Crippen LogP contribution in [-0.2, 0) is 9.47 Å². The minimum absolute atomic E-state index is 0.153. The number of para-hydroxylation sites is 1. The number of pyridine rings is 1. The number of aromatic nitrogens is 1. The first-order chi connectivity index (χ1) is 16.8. The number of carbonyl (C=O) groups excluding carboxylic acids is 3. The van der Waals surface area contributed by atoms with Crippen molar-refractivity contribution in [3.8, 4) is 10.6 Å². The Morgan fingerprint density at radius 1 is 0.943 bits per heavy atom. The Kier molecular flexibility index (Phi) is 7.28. The largest absolute Gasteiger partial charge is 0.462 e. The van der Waals surface area contributed by atoms with Gasteiger partial charge in [0.1, 0.15) is 9.88 Å². The third-order valence-corrected chi connectivity index (χ3v) is 7.48. The van der Waals surface area contributed by atoms with Gasteiger partial charge in [-0.2, -0.15) is 0 Å². The predicted octanol–water partition coefficient (Wildman–Crippen LogP) is 6.25. The number of amides is 1. The van der Waals surface area contributed by atoms with Crippen LogP contribution in [0.3, 0.4) is 0 Å². The molecule has 1 amide bonds. The van der Waals surface area contributed by atoms with Crippen LogP contribution in [0.15, 0.2) is 42.5 Å². The molecule has 1 N–H and O–H groups in total. The number of aryl methyl sites for hydroxylation is 1. The number of anilines is 1. The zero-order valence-corrected chi connectivity index (χ0v) is 21.4. The second-order valence-corrected chi connectivity index (χ2v) is 9.95. The summed E-state index contributed by atoms with van der Waals surface area (Å²) in [5, 5.41) is 3.77. The van der Waals surface area contributed by atoms with Crippen LogP contribution in [0.1, 0.15) is 54.7 Å². The van der Waals surface area contributed by atoms with Gasteiger partial charge < -0.3 is 14.8 Å². The average molecular weight is 509 g/mol. The standard InChI is InChI=1S/C26H24N2O5S2/c1-5-32-25(30)21-15(4)22(26(31)33-6-2)35-24(21)28-23(29)17-13-19(20-12-11-14(3)34-20)27-18-10-8-7-9-16(17)18/h7-13H,5-6H2,1-4H3,(H,28,29). The van der Waals surface area contributed by atoms with Crippen LogP contribution in [0.4, 0.5) is 5.00 Å². The Morgan fingerprint density at radius 3 is 2.34 bits per heavy atom. The molecular weight excluding hydrogens is 484 g/mol. The Balaban J connectivity index is 1.79. The monoisotopic (exact) mass is 508 g/mol. The summed E-state index contributed by atoms with van der Waals surface area (Å²) < 4.78 is 10.3. The summed E-state index contributed by atoms with van der Waals surface area (Å²) in [4.78, 5) is 45.8. The number of rotatable bonds is 7. The summed E-state index contributed by atoms with van der Waals surface area (Å²) in [6, 6.07) is 13.1. The fraction of sp³-hybridized carbons (Fsp3) is 0.231. The van der Waals surface area contributed by atoms with E-state index in [1.54, 1.807) is 38.2 Å². The molecule has 4 rings (SSSR count). The lowest BCUT2D eigenvalue weighted by atomic mass is 10.1. The van der Waals surface area contributed by atoms with Crippen molar-refractivity contribution in [1.82, 2.24) is 4.98 Å². The van der Waals surface area contributed by atoms with Crippen LogP contribution in [-0.4, -0.2) is 36.0 Å². The summed E-state index contributed by atoms with van der Waals surface area (Å²) >= 11 is 2.59. The highest BCUT2D eigenvalue weighted by molar-refractivity contribution is 7.18. The minimum Gasteiger partial charge on any atom is -0.462 e. The Morgan fingerprint density at radius 2 is 1.66 bits per heavy atom. The maximum Gasteiger partial charge on any atom is 0.348 e. The molecule has 0 radical (unpaired) electrons. The number of fused-ring (bicyclic) bond motifs is 1. The van der Waals surface area contributed by atoms with Crippen molar-refractivity contribution in [3.05, 3.63) is 68.9 Å². The zero-order chi connectivity index (χ0) is 25.1. The van der Waals surface area contributed by atoms with E-state index in [1.807, 2.05) is 43.3 Å². The van der Waals surface area contributed by atoms with E-state index < -0.39 is 17.8 Å². The van der Waals surface area contributed by atoms with Crippen LogP contribution >= 0.6 is 22.7 Å². The first kappa shape index (κ1) is 24.6. The van der Waals surface area contributed by atoms with Gasteiger partial charge >= 0.3 is 11.9 Å². The van der Waals surface area contributed by atoms with Crippen molar-refractivity contribution in [3.63, 3.8) is 0 Å².